The number of furan rings is 2. The summed E-state index contributed by atoms with van der Waals surface area (Å²) < 4.78 is 16.0. The number of para-hydroxylation sites is 1. The first-order chi connectivity index (χ1) is 28.8. The average molecular weight is 760 g/mol. The van der Waals surface area contributed by atoms with Crippen LogP contribution in [0.4, 0.5) is 17.1 Å². The van der Waals surface area contributed by atoms with Crippen LogP contribution in [-0.4, -0.2) is 0 Å². The smallest absolute Gasteiger partial charge is 0.144 e. The second kappa shape index (κ2) is 13.1. The largest absolute Gasteiger partial charge is 0.456 e. The number of thiophene rings is 1. The van der Waals surface area contributed by atoms with Crippen molar-refractivity contribution in [2.75, 3.05) is 4.90 Å². The van der Waals surface area contributed by atoms with Crippen LogP contribution in [0.3, 0.4) is 0 Å². The maximum Gasteiger partial charge on any atom is 0.144 e. The van der Waals surface area contributed by atoms with Crippen molar-refractivity contribution >= 4 is 92.4 Å². The van der Waals surface area contributed by atoms with E-state index in [1.807, 2.05) is 23.5 Å². The molecule has 0 atom stereocenters. The van der Waals surface area contributed by atoms with Gasteiger partial charge in [0.15, 0.2) is 0 Å². The van der Waals surface area contributed by atoms with Crippen molar-refractivity contribution in [3.05, 3.63) is 200 Å². The summed E-state index contributed by atoms with van der Waals surface area (Å²) in [6, 6.07) is 71.2. The first-order valence-electron chi connectivity index (χ1n) is 19.6. The molecule has 0 aliphatic carbocycles. The molecule has 58 heavy (non-hydrogen) atoms. The third-order valence-corrected chi connectivity index (χ3v) is 12.7. The molecule has 12 aromatic rings. The summed E-state index contributed by atoms with van der Waals surface area (Å²) in [5.41, 5.74) is 13.6. The minimum atomic E-state index is 0.849. The molecule has 0 radical (unpaired) electrons. The summed E-state index contributed by atoms with van der Waals surface area (Å²) in [5.74, 6) is 0. The Morgan fingerprint density at radius 3 is 1.76 bits per heavy atom. The van der Waals surface area contributed by atoms with E-state index < -0.39 is 0 Å². The fourth-order valence-electron chi connectivity index (χ4n) is 8.84. The Kier molecular flexibility index (Phi) is 7.40. The number of rotatable bonds is 6. The van der Waals surface area contributed by atoms with Crippen molar-refractivity contribution in [2.45, 2.75) is 0 Å². The van der Waals surface area contributed by atoms with Gasteiger partial charge in [0.2, 0.25) is 0 Å². The standard InChI is InChI=1S/C54H33NO2S/c1-3-13-34(14-4-1)35-25-29-38(30-26-35)55(45-21-11-20-42-41-17-8-10-24-49(41)58-54(42)45)39-31-27-36(28-32-39)40-19-12-23-47-51(40)44-33-48-52(43-18-7-9-22-46(43)56-48)50(53(44)57-47)37-15-5-2-6-16-37/h1-33H. The Morgan fingerprint density at radius 2 is 0.983 bits per heavy atom. The Morgan fingerprint density at radius 1 is 0.379 bits per heavy atom. The van der Waals surface area contributed by atoms with Crippen molar-refractivity contribution in [1.29, 1.82) is 0 Å². The fourth-order valence-corrected chi connectivity index (χ4v) is 10.1. The predicted molar refractivity (Wildman–Crippen MR) is 245 cm³/mol. The second-order valence-electron chi connectivity index (χ2n) is 14.8. The molecule has 0 spiro atoms. The number of fused-ring (bicyclic) bond motifs is 9. The normalized spacial score (nSPS) is 11.8. The van der Waals surface area contributed by atoms with Crippen LogP contribution < -0.4 is 4.90 Å². The summed E-state index contributed by atoms with van der Waals surface area (Å²) in [7, 11) is 0. The zero-order valence-electron chi connectivity index (χ0n) is 31.2. The molecule has 0 aliphatic heterocycles. The lowest BCUT2D eigenvalue weighted by molar-refractivity contribution is 0.664. The fraction of sp³-hybridized carbons (Fsp3) is 0. The summed E-state index contributed by atoms with van der Waals surface area (Å²) in [6.45, 7) is 0. The Labute approximate surface area is 338 Å². The molecule has 0 bridgehead atoms. The lowest BCUT2D eigenvalue weighted by atomic mass is 9.94. The van der Waals surface area contributed by atoms with Crippen LogP contribution >= 0.6 is 11.3 Å². The Bertz CT molecular complexity index is 3490. The van der Waals surface area contributed by atoms with Crippen molar-refractivity contribution in [3.63, 3.8) is 0 Å². The van der Waals surface area contributed by atoms with E-state index in [1.54, 1.807) is 0 Å². The predicted octanol–water partition coefficient (Wildman–Crippen LogP) is 16.3. The molecule has 0 N–H and O–H groups in total. The molecule has 12 rings (SSSR count). The van der Waals surface area contributed by atoms with E-state index in [-0.39, 0.29) is 0 Å². The van der Waals surface area contributed by atoms with Gasteiger partial charge in [0, 0.05) is 54.0 Å². The Balaban J connectivity index is 1.03. The highest BCUT2D eigenvalue weighted by atomic mass is 32.1. The van der Waals surface area contributed by atoms with E-state index in [2.05, 4.69) is 193 Å². The quantitative estimate of drug-likeness (QED) is 0.169. The van der Waals surface area contributed by atoms with Gasteiger partial charge in [-0.05, 0) is 82.4 Å². The molecular formula is C54H33NO2S. The molecule has 272 valence electrons. The SMILES string of the molecule is c1ccc(-c2ccc(N(c3ccc(-c4cccc5oc6c(-c7ccccc7)c7c(cc6c45)oc4ccccc47)cc3)c3cccc4c3sc3ccccc34)cc2)cc1. The molecule has 0 saturated heterocycles. The van der Waals surface area contributed by atoms with Crippen LogP contribution in [0.5, 0.6) is 0 Å². The molecule has 9 aromatic carbocycles. The van der Waals surface area contributed by atoms with E-state index in [0.29, 0.717) is 0 Å². The van der Waals surface area contributed by atoms with Crippen molar-refractivity contribution < 1.29 is 8.83 Å². The average Bonchev–Trinajstić information content (AvgIpc) is 3.98. The highest BCUT2D eigenvalue weighted by Crippen LogP contribution is 2.48. The van der Waals surface area contributed by atoms with Crippen LogP contribution in [0.25, 0.3) is 97.4 Å². The van der Waals surface area contributed by atoms with E-state index in [1.165, 1.54) is 31.3 Å². The first-order valence-corrected chi connectivity index (χ1v) is 20.4. The maximum atomic E-state index is 6.86. The molecule has 3 aromatic heterocycles. The number of anilines is 3. The minimum Gasteiger partial charge on any atom is -0.456 e. The lowest BCUT2D eigenvalue weighted by Crippen LogP contribution is -2.10. The van der Waals surface area contributed by atoms with Gasteiger partial charge in [-0.2, -0.15) is 0 Å². The zero-order valence-corrected chi connectivity index (χ0v) is 32.0. The van der Waals surface area contributed by atoms with Crippen LogP contribution in [0.15, 0.2) is 209 Å². The first kappa shape index (κ1) is 32.8. The van der Waals surface area contributed by atoms with E-state index in [4.69, 9.17) is 8.83 Å². The van der Waals surface area contributed by atoms with Crippen LogP contribution in [0, 0.1) is 0 Å². The molecule has 0 amide bonds. The number of nitrogens with zero attached hydrogens (tertiary/aromatic N) is 1. The topological polar surface area (TPSA) is 29.5 Å². The molecule has 0 fully saturated rings. The monoisotopic (exact) mass is 759 g/mol. The van der Waals surface area contributed by atoms with Crippen LogP contribution in [0.2, 0.25) is 0 Å². The molecule has 4 heteroatoms. The van der Waals surface area contributed by atoms with Crippen molar-refractivity contribution in [2.24, 2.45) is 0 Å². The number of benzene rings is 9. The van der Waals surface area contributed by atoms with E-state index in [0.717, 1.165) is 83.2 Å². The Hall–Kier alpha value is -7.40. The van der Waals surface area contributed by atoms with Gasteiger partial charge in [-0.1, -0.05) is 146 Å². The lowest BCUT2D eigenvalue weighted by Gasteiger charge is -2.26. The van der Waals surface area contributed by atoms with E-state index >= 15 is 0 Å². The molecule has 0 unspecified atom stereocenters. The van der Waals surface area contributed by atoms with Gasteiger partial charge in [-0.25, -0.2) is 0 Å². The highest BCUT2D eigenvalue weighted by Gasteiger charge is 2.23. The third kappa shape index (κ3) is 5.12. The van der Waals surface area contributed by atoms with Gasteiger partial charge in [0.05, 0.1) is 10.4 Å². The molecule has 3 nitrogen and oxygen atoms in total. The van der Waals surface area contributed by atoms with Gasteiger partial charge in [0.1, 0.15) is 22.3 Å². The third-order valence-electron chi connectivity index (χ3n) is 11.5. The van der Waals surface area contributed by atoms with Gasteiger partial charge in [-0.3, -0.25) is 0 Å². The number of hydrogen-bond donors (Lipinski definition) is 0. The molecule has 3 heterocycles. The van der Waals surface area contributed by atoms with Gasteiger partial charge in [-0.15, -0.1) is 11.3 Å². The summed E-state index contributed by atoms with van der Waals surface area (Å²) >= 11 is 1.85. The summed E-state index contributed by atoms with van der Waals surface area (Å²) in [6.07, 6.45) is 0. The molecular weight excluding hydrogens is 727 g/mol. The minimum absolute atomic E-state index is 0.849. The summed E-state index contributed by atoms with van der Waals surface area (Å²) in [4.78, 5) is 2.40. The second-order valence-corrected chi connectivity index (χ2v) is 15.8. The van der Waals surface area contributed by atoms with Crippen molar-refractivity contribution in [3.8, 4) is 33.4 Å². The van der Waals surface area contributed by atoms with Gasteiger partial charge in [0.25, 0.3) is 0 Å². The maximum absolute atomic E-state index is 6.86. The highest BCUT2D eigenvalue weighted by molar-refractivity contribution is 7.26. The zero-order chi connectivity index (χ0) is 38.2. The van der Waals surface area contributed by atoms with Crippen LogP contribution in [-0.2, 0) is 0 Å². The van der Waals surface area contributed by atoms with E-state index in [9.17, 15) is 0 Å². The van der Waals surface area contributed by atoms with Gasteiger partial charge >= 0.3 is 0 Å². The van der Waals surface area contributed by atoms with Crippen LogP contribution in [0.1, 0.15) is 0 Å². The number of hydrogen-bond acceptors (Lipinski definition) is 4. The van der Waals surface area contributed by atoms with Crippen molar-refractivity contribution in [1.82, 2.24) is 0 Å². The van der Waals surface area contributed by atoms with Gasteiger partial charge < -0.3 is 13.7 Å². The molecule has 0 saturated carbocycles. The molecule has 0 aliphatic rings. The summed E-state index contributed by atoms with van der Waals surface area (Å²) in [5, 5.41) is 6.83.